The molecule has 1 aliphatic rings. The number of hydrogen-bond donors (Lipinski definition) is 2. The molecule has 96 valence electrons. The fourth-order valence-corrected chi connectivity index (χ4v) is 2.03. The molecule has 1 atom stereocenters. The molecule has 2 N–H and O–H groups in total. The van der Waals surface area contributed by atoms with Gasteiger partial charge in [-0.1, -0.05) is 12.1 Å². The van der Waals surface area contributed by atoms with E-state index in [4.69, 9.17) is 5.11 Å². The van der Waals surface area contributed by atoms with Gasteiger partial charge in [0.25, 0.3) is 0 Å². The summed E-state index contributed by atoms with van der Waals surface area (Å²) in [6.45, 7) is 0.402. The van der Waals surface area contributed by atoms with Crippen molar-refractivity contribution in [2.45, 2.75) is 13.0 Å². The Balaban J connectivity index is 2.01. The summed E-state index contributed by atoms with van der Waals surface area (Å²) >= 11 is 0. The molecule has 0 bridgehead atoms. The van der Waals surface area contributed by atoms with Crippen LogP contribution in [-0.2, 0) is 16.2 Å². The lowest BCUT2D eigenvalue weighted by Gasteiger charge is -2.11. The van der Waals surface area contributed by atoms with Crippen molar-refractivity contribution in [2.75, 3.05) is 18.9 Å². The van der Waals surface area contributed by atoms with Crippen LogP contribution in [0, 0.1) is 5.92 Å². The number of benzene rings is 1. The van der Waals surface area contributed by atoms with E-state index in [2.05, 4.69) is 5.32 Å². The molecule has 2 rings (SSSR count). The molecule has 2 amide bonds. The van der Waals surface area contributed by atoms with Crippen LogP contribution in [0.5, 0.6) is 0 Å². The lowest BCUT2D eigenvalue weighted by atomic mass is 10.1. The summed E-state index contributed by atoms with van der Waals surface area (Å²) < 4.78 is 0. The van der Waals surface area contributed by atoms with Crippen molar-refractivity contribution in [1.82, 2.24) is 4.90 Å². The molecule has 5 nitrogen and oxygen atoms in total. The number of amides is 2. The number of carbonyl (C=O) groups excluding carboxylic acids is 2. The third-order valence-electron chi connectivity index (χ3n) is 3.09. The van der Waals surface area contributed by atoms with E-state index < -0.39 is 0 Å². The summed E-state index contributed by atoms with van der Waals surface area (Å²) in [5, 5.41) is 11.8. The smallest absolute Gasteiger partial charge is 0.229 e. The van der Waals surface area contributed by atoms with Gasteiger partial charge in [-0.05, 0) is 17.7 Å². The second kappa shape index (κ2) is 5.18. The molecule has 5 heteroatoms. The third kappa shape index (κ3) is 2.68. The zero-order valence-corrected chi connectivity index (χ0v) is 10.2. The molecule has 1 saturated heterocycles. The van der Waals surface area contributed by atoms with Crippen LogP contribution >= 0.6 is 0 Å². The maximum atomic E-state index is 12.0. The van der Waals surface area contributed by atoms with Crippen LogP contribution in [0.2, 0.25) is 0 Å². The van der Waals surface area contributed by atoms with Crippen molar-refractivity contribution in [2.24, 2.45) is 5.92 Å². The molecule has 1 fully saturated rings. The number of anilines is 1. The summed E-state index contributed by atoms with van der Waals surface area (Å²) in [6.07, 6.45) is 0.266. The van der Waals surface area contributed by atoms with E-state index in [1.165, 1.54) is 0 Å². The van der Waals surface area contributed by atoms with E-state index >= 15 is 0 Å². The zero-order chi connectivity index (χ0) is 13.1. The standard InChI is InChI=1S/C13H16N2O3/c1-15-7-10(6-12(15)17)13(18)14-11-4-2-3-9(5-11)8-16/h2-5,10,16H,6-8H2,1H3,(H,14,18). The first-order valence-corrected chi connectivity index (χ1v) is 5.85. The number of rotatable bonds is 3. The fourth-order valence-electron chi connectivity index (χ4n) is 2.03. The van der Waals surface area contributed by atoms with E-state index in [-0.39, 0.29) is 30.8 Å². The highest BCUT2D eigenvalue weighted by Crippen LogP contribution is 2.19. The van der Waals surface area contributed by atoms with Crippen LogP contribution in [-0.4, -0.2) is 35.4 Å². The minimum absolute atomic E-state index is 0.000686. The summed E-state index contributed by atoms with van der Waals surface area (Å²) in [6, 6.07) is 7.03. The Kier molecular flexibility index (Phi) is 3.62. The largest absolute Gasteiger partial charge is 0.392 e. The Morgan fingerprint density at radius 2 is 2.33 bits per heavy atom. The van der Waals surface area contributed by atoms with Gasteiger partial charge in [0.15, 0.2) is 0 Å². The Labute approximate surface area is 105 Å². The first-order valence-electron chi connectivity index (χ1n) is 5.85. The molecule has 0 saturated carbocycles. The van der Waals surface area contributed by atoms with Crippen molar-refractivity contribution in [3.05, 3.63) is 29.8 Å². The predicted octanol–water partition coefficient (Wildman–Crippen LogP) is 0.596. The normalized spacial score (nSPS) is 19.1. The monoisotopic (exact) mass is 248 g/mol. The number of likely N-dealkylation sites (tertiary alicyclic amines) is 1. The molecular formula is C13H16N2O3. The molecule has 0 spiro atoms. The summed E-state index contributed by atoms with van der Waals surface area (Å²) in [5.41, 5.74) is 1.39. The molecule has 1 aromatic carbocycles. The first kappa shape index (κ1) is 12.6. The minimum Gasteiger partial charge on any atom is -0.392 e. The Bertz CT molecular complexity index is 473. The lowest BCUT2D eigenvalue weighted by molar-refractivity contribution is -0.127. The molecule has 1 aromatic rings. The van der Waals surface area contributed by atoms with E-state index in [1.54, 1.807) is 36.2 Å². The van der Waals surface area contributed by atoms with Crippen LogP contribution in [0.1, 0.15) is 12.0 Å². The van der Waals surface area contributed by atoms with Gasteiger partial charge in [-0.2, -0.15) is 0 Å². The first-order chi connectivity index (χ1) is 8.60. The highest BCUT2D eigenvalue weighted by Gasteiger charge is 2.31. The third-order valence-corrected chi connectivity index (χ3v) is 3.09. The maximum Gasteiger partial charge on any atom is 0.229 e. The Morgan fingerprint density at radius 3 is 2.94 bits per heavy atom. The number of nitrogens with one attached hydrogen (secondary N) is 1. The van der Waals surface area contributed by atoms with E-state index in [0.29, 0.717) is 12.2 Å². The number of nitrogens with zero attached hydrogens (tertiary/aromatic N) is 1. The number of carbonyl (C=O) groups is 2. The van der Waals surface area contributed by atoms with Crippen LogP contribution in [0.25, 0.3) is 0 Å². The van der Waals surface area contributed by atoms with E-state index in [1.807, 2.05) is 0 Å². The van der Waals surface area contributed by atoms with Gasteiger partial charge in [-0.3, -0.25) is 9.59 Å². The van der Waals surface area contributed by atoms with Crippen molar-refractivity contribution >= 4 is 17.5 Å². The van der Waals surface area contributed by atoms with Gasteiger partial charge in [-0.25, -0.2) is 0 Å². The predicted molar refractivity (Wildman–Crippen MR) is 66.7 cm³/mol. The van der Waals surface area contributed by atoms with Crippen LogP contribution < -0.4 is 5.32 Å². The summed E-state index contributed by atoms with van der Waals surface area (Å²) in [4.78, 5) is 24.9. The molecule has 0 aromatic heterocycles. The topological polar surface area (TPSA) is 69.6 Å². The Hall–Kier alpha value is -1.88. The molecule has 1 aliphatic heterocycles. The average molecular weight is 248 g/mol. The van der Waals surface area contributed by atoms with Gasteiger partial charge in [0.2, 0.25) is 11.8 Å². The summed E-state index contributed by atoms with van der Waals surface area (Å²) in [7, 11) is 1.70. The van der Waals surface area contributed by atoms with Gasteiger partial charge in [0.1, 0.15) is 0 Å². The van der Waals surface area contributed by atoms with Gasteiger partial charge in [-0.15, -0.1) is 0 Å². The zero-order valence-electron chi connectivity index (χ0n) is 10.2. The minimum atomic E-state index is -0.291. The number of aliphatic hydroxyl groups excluding tert-OH is 1. The molecule has 18 heavy (non-hydrogen) atoms. The van der Waals surface area contributed by atoms with Crippen molar-refractivity contribution < 1.29 is 14.7 Å². The van der Waals surface area contributed by atoms with Crippen molar-refractivity contribution in [3.63, 3.8) is 0 Å². The van der Waals surface area contributed by atoms with E-state index in [9.17, 15) is 9.59 Å². The lowest BCUT2D eigenvalue weighted by Crippen LogP contribution is -2.25. The van der Waals surface area contributed by atoms with Gasteiger partial charge >= 0.3 is 0 Å². The number of hydrogen-bond acceptors (Lipinski definition) is 3. The van der Waals surface area contributed by atoms with Gasteiger partial charge in [0.05, 0.1) is 12.5 Å². The summed E-state index contributed by atoms with van der Waals surface area (Å²) in [5.74, 6) is -0.442. The molecule has 1 unspecified atom stereocenters. The highest BCUT2D eigenvalue weighted by molar-refractivity contribution is 5.97. The second-order valence-electron chi connectivity index (χ2n) is 4.52. The molecular weight excluding hydrogens is 232 g/mol. The van der Waals surface area contributed by atoms with Crippen LogP contribution in [0.3, 0.4) is 0 Å². The van der Waals surface area contributed by atoms with E-state index in [0.717, 1.165) is 5.56 Å². The van der Waals surface area contributed by atoms with Crippen molar-refractivity contribution in [1.29, 1.82) is 0 Å². The SMILES string of the molecule is CN1CC(C(=O)Nc2cccc(CO)c2)CC1=O. The molecule has 0 aliphatic carbocycles. The van der Waals surface area contributed by atoms with Crippen molar-refractivity contribution in [3.8, 4) is 0 Å². The maximum absolute atomic E-state index is 12.0. The highest BCUT2D eigenvalue weighted by atomic mass is 16.3. The molecule has 0 radical (unpaired) electrons. The van der Waals surface area contributed by atoms with Gasteiger partial charge in [0, 0.05) is 25.7 Å². The number of aliphatic hydroxyl groups is 1. The average Bonchev–Trinajstić information content (AvgIpc) is 2.70. The van der Waals surface area contributed by atoms with Crippen LogP contribution in [0.15, 0.2) is 24.3 Å². The van der Waals surface area contributed by atoms with Gasteiger partial charge < -0.3 is 15.3 Å². The quantitative estimate of drug-likeness (QED) is 0.822. The molecule has 1 heterocycles. The Morgan fingerprint density at radius 1 is 1.56 bits per heavy atom. The fraction of sp³-hybridized carbons (Fsp3) is 0.385. The van der Waals surface area contributed by atoms with Crippen LogP contribution in [0.4, 0.5) is 5.69 Å². The second-order valence-corrected chi connectivity index (χ2v) is 4.52.